The molecule has 4 rings (SSSR count). The van der Waals surface area contributed by atoms with E-state index in [4.69, 9.17) is 4.74 Å². The van der Waals surface area contributed by atoms with Crippen LogP contribution in [0.15, 0.2) is 30.3 Å². The minimum absolute atomic E-state index is 0.0338. The first kappa shape index (κ1) is 25.6. The summed E-state index contributed by atoms with van der Waals surface area (Å²) in [7, 11) is 0. The third-order valence-corrected chi connectivity index (χ3v) is 8.13. The third-order valence-electron chi connectivity index (χ3n) is 8.13. The molecule has 8 heteroatoms. The van der Waals surface area contributed by atoms with Crippen molar-refractivity contribution in [2.45, 2.75) is 89.6 Å². The molecule has 1 spiro atoms. The number of para-hydroxylation sites is 1. The molecule has 7 atom stereocenters. The molecule has 2 bridgehead atoms. The quantitative estimate of drug-likeness (QED) is 0.550. The summed E-state index contributed by atoms with van der Waals surface area (Å²) in [6.45, 7) is 11.3. The van der Waals surface area contributed by atoms with Gasteiger partial charge in [0.2, 0.25) is 17.7 Å². The van der Waals surface area contributed by atoms with Gasteiger partial charge in [-0.3, -0.25) is 14.4 Å². The van der Waals surface area contributed by atoms with Gasteiger partial charge in [0.05, 0.1) is 30.1 Å². The van der Waals surface area contributed by atoms with E-state index in [0.717, 1.165) is 6.42 Å². The lowest BCUT2D eigenvalue weighted by molar-refractivity contribution is -0.150. The second-order valence-corrected chi connectivity index (χ2v) is 11.7. The summed E-state index contributed by atoms with van der Waals surface area (Å²) < 4.78 is 6.63. The predicted molar refractivity (Wildman–Crippen MR) is 132 cm³/mol. The number of likely N-dealkylation sites (tertiary alicyclic amines) is 1. The number of fused-ring (bicyclic) bond motifs is 1. The normalized spacial score (nSPS) is 33.4. The molecular weight excluding hydrogens is 446 g/mol. The van der Waals surface area contributed by atoms with E-state index in [1.807, 2.05) is 59.7 Å². The van der Waals surface area contributed by atoms with Crippen LogP contribution in [-0.2, 0) is 19.1 Å². The van der Waals surface area contributed by atoms with Gasteiger partial charge in [-0.15, -0.1) is 0 Å². The van der Waals surface area contributed by atoms with Gasteiger partial charge in [-0.1, -0.05) is 38.5 Å². The predicted octanol–water partition coefficient (Wildman–Crippen LogP) is 2.71. The van der Waals surface area contributed by atoms with Crippen LogP contribution < -0.4 is 10.6 Å². The minimum atomic E-state index is -1.11. The van der Waals surface area contributed by atoms with E-state index in [-0.39, 0.29) is 30.2 Å². The van der Waals surface area contributed by atoms with Crippen molar-refractivity contribution < 1.29 is 24.2 Å². The number of nitrogens with zero attached hydrogens (tertiary/aromatic N) is 1. The van der Waals surface area contributed by atoms with Gasteiger partial charge in [0, 0.05) is 11.2 Å². The Morgan fingerprint density at radius 3 is 2.43 bits per heavy atom. The van der Waals surface area contributed by atoms with Crippen LogP contribution in [0.25, 0.3) is 0 Å². The Morgan fingerprint density at radius 1 is 1.20 bits per heavy atom. The van der Waals surface area contributed by atoms with Crippen LogP contribution in [0.3, 0.4) is 0 Å². The molecule has 0 saturated carbocycles. The van der Waals surface area contributed by atoms with Crippen molar-refractivity contribution in [1.29, 1.82) is 0 Å². The van der Waals surface area contributed by atoms with E-state index >= 15 is 0 Å². The molecule has 0 radical (unpaired) electrons. The zero-order valence-corrected chi connectivity index (χ0v) is 21.6. The molecule has 35 heavy (non-hydrogen) atoms. The Kier molecular flexibility index (Phi) is 6.51. The largest absolute Gasteiger partial charge is 0.394 e. The van der Waals surface area contributed by atoms with E-state index in [1.165, 1.54) is 0 Å². The highest BCUT2D eigenvalue weighted by Gasteiger charge is 2.78. The molecule has 3 N–H and O–H groups in total. The second kappa shape index (κ2) is 8.89. The fraction of sp³-hybridized carbons (Fsp3) is 0.667. The molecular formula is C27H39N3O5. The Bertz CT molecular complexity index is 992. The smallest absolute Gasteiger partial charge is 0.246 e. The number of ether oxygens (including phenoxy) is 1. The van der Waals surface area contributed by atoms with Crippen LogP contribution in [0.5, 0.6) is 0 Å². The molecule has 2 unspecified atom stereocenters. The number of benzene rings is 1. The van der Waals surface area contributed by atoms with E-state index in [1.54, 1.807) is 17.0 Å². The molecule has 0 aromatic heterocycles. The Balaban J connectivity index is 1.78. The van der Waals surface area contributed by atoms with Crippen LogP contribution in [0, 0.1) is 17.8 Å². The fourth-order valence-corrected chi connectivity index (χ4v) is 6.42. The molecule has 192 valence electrons. The van der Waals surface area contributed by atoms with Gasteiger partial charge < -0.3 is 25.4 Å². The van der Waals surface area contributed by atoms with Crippen LogP contribution >= 0.6 is 0 Å². The maximum atomic E-state index is 14.2. The number of aliphatic hydroxyl groups is 1. The fourth-order valence-electron chi connectivity index (χ4n) is 6.42. The first-order valence-corrected chi connectivity index (χ1v) is 12.7. The Morgan fingerprint density at radius 2 is 1.86 bits per heavy atom. The summed E-state index contributed by atoms with van der Waals surface area (Å²) in [5, 5.41) is 16.3. The number of hydrogen-bond acceptors (Lipinski definition) is 5. The van der Waals surface area contributed by atoms with E-state index < -0.39 is 40.7 Å². The first-order valence-electron chi connectivity index (χ1n) is 12.7. The number of nitrogens with one attached hydrogen (secondary N) is 2. The van der Waals surface area contributed by atoms with Crippen molar-refractivity contribution in [3.05, 3.63) is 30.3 Å². The van der Waals surface area contributed by atoms with Gasteiger partial charge in [-0.2, -0.15) is 0 Å². The molecule has 0 aliphatic carbocycles. The van der Waals surface area contributed by atoms with Crippen LogP contribution in [0.1, 0.15) is 60.8 Å². The average molecular weight is 486 g/mol. The summed E-state index contributed by atoms with van der Waals surface area (Å²) in [4.78, 5) is 43.1. The lowest BCUT2D eigenvalue weighted by Crippen LogP contribution is -2.61. The Hall–Kier alpha value is -2.45. The standard InChI is InChI=1S/C27H39N3O5/c1-7-16(2)18(15-31)30-21(23(33)29-25(3,4)5)27-14-13-26(6,35-27)19(20(27)24(30)34)22(32)28-17-11-9-8-10-12-17/h8-12,16,18-21,31H,7,13-15H2,1-6H3,(H,28,32)(H,29,33)/t16-,18-,19-,20-,21?,26+,27?/m0/s1. The molecule has 3 saturated heterocycles. The van der Waals surface area contributed by atoms with Gasteiger partial charge in [-0.25, -0.2) is 0 Å². The van der Waals surface area contributed by atoms with Gasteiger partial charge in [0.25, 0.3) is 0 Å². The lowest BCUT2D eigenvalue weighted by atomic mass is 9.66. The van der Waals surface area contributed by atoms with Crippen molar-refractivity contribution in [3.8, 4) is 0 Å². The van der Waals surface area contributed by atoms with Crippen molar-refractivity contribution in [2.75, 3.05) is 11.9 Å². The summed E-state index contributed by atoms with van der Waals surface area (Å²) in [6.07, 6.45) is 1.81. The maximum Gasteiger partial charge on any atom is 0.246 e. The Labute approximate surface area is 207 Å². The zero-order chi connectivity index (χ0) is 25.8. The monoisotopic (exact) mass is 485 g/mol. The molecule has 3 amide bonds. The molecule has 8 nitrogen and oxygen atoms in total. The maximum absolute atomic E-state index is 14.2. The SMILES string of the molecule is CC[C@H](C)[C@H](CO)N1C(=O)[C@@H]2[C@@H](C(=O)Nc3ccccc3)[C@@]3(C)CCC2(O3)C1C(=O)NC(C)(C)C. The topological polar surface area (TPSA) is 108 Å². The summed E-state index contributed by atoms with van der Waals surface area (Å²) >= 11 is 0. The summed E-state index contributed by atoms with van der Waals surface area (Å²) in [5.41, 5.74) is -1.83. The van der Waals surface area contributed by atoms with Gasteiger partial charge in [0.15, 0.2) is 0 Å². The van der Waals surface area contributed by atoms with Gasteiger partial charge >= 0.3 is 0 Å². The number of anilines is 1. The first-order chi connectivity index (χ1) is 16.4. The van der Waals surface area contributed by atoms with E-state index in [2.05, 4.69) is 10.6 Å². The van der Waals surface area contributed by atoms with E-state index in [9.17, 15) is 19.5 Å². The van der Waals surface area contributed by atoms with Crippen LogP contribution in [-0.4, -0.2) is 63.2 Å². The highest BCUT2D eigenvalue weighted by atomic mass is 16.5. The highest BCUT2D eigenvalue weighted by molar-refractivity contribution is 6.02. The van der Waals surface area contributed by atoms with Crippen molar-refractivity contribution in [2.24, 2.45) is 17.8 Å². The summed E-state index contributed by atoms with van der Waals surface area (Å²) in [5.74, 6) is -2.43. The lowest BCUT2D eigenvalue weighted by Gasteiger charge is -2.40. The zero-order valence-electron chi connectivity index (χ0n) is 21.6. The van der Waals surface area contributed by atoms with Gasteiger partial charge in [-0.05, 0) is 58.6 Å². The molecule has 3 aliphatic heterocycles. The minimum Gasteiger partial charge on any atom is -0.394 e. The van der Waals surface area contributed by atoms with Crippen molar-refractivity contribution in [1.82, 2.24) is 10.2 Å². The van der Waals surface area contributed by atoms with Gasteiger partial charge in [0.1, 0.15) is 11.6 Å². The summed E-state index contributed by atoms with van der Waals surface area (Å²) in [6, 6.07) is 7.69. The van der Waals surface area contributed by atoms with E-state index in [0.29, 0.717) is 18.5 Å². The number of amides is 3. The second-order valence-electron chi connectivity index (χ2n) is 11.7. The van der Waals surface area contributed by atoms with Crippen LogP contribution in [0.4, 0.5) is 5.69 Å². The highest BCUT2D eigenvalue weighted by Crippen LogP contribution is 2.63. The molecule has 3 fully saturated rings. The number of carbonyl (C=O) groups excluding carboxylic acids is 3. The van der Waals surface area contributed by atoms with Crippen molar-refractivity contribution in [3.63, 3.8) is 0 Å². The number of hydrogen-bond donors (Lipinski definition) is 3. The number of carbonyl (C=O) groups is 3. The molecule has 1 aromatic rings. The molecule has 3 heterocycles. The average Bonchev–Trinajstić information content (AvgIpc) is 3.35. The molecule has 1 aromatic carbocycles. The molecule has 3 aliphatic rings. The number of rotatable bonds is 7. The third kappa shape index (κ3) is 4.14. The number of aliphatic hydroxyl groups excluding tert-OH is 1. The van der Waals surface area contributed by atoms with Crippen molar-refractivity contribution >= 4 is 23.4 Å². The van der Waals surface area contributed by atoms with Crippen LogP contribution in [0.2, 0.25) is 0 Å².